The highest BCUT2D eigenvalue weighted by Crippen LogP contribution is 2.45. The Morgan fingerprint density at radius 3 is 2.69 bits per heavy atom. The summed E-state index contributed by atoms with van der Waals surface area (Å²) >= 11 is 0. The Morgan fingerprint density at radius 2 is 2.00 bits per heavy atom. The average molecular weight is 544 g/mol. The van der Waals surface area contributed by atoms with Gasteiger partial charge in [-0.3, -0.25) is 4.79 Å². The molecule has 212 valence electrons. The molecule has 0 bridgehead atoms. The largest absolute Gasteiger partial charge is 0.450 e. The number of nitrogens with two attached hydrogens (primary N) is 1. The molecule has 2 fully saturated rings. The molecular formula is C30H39F2N3O4. The Labute approximate surface area is 228 Å². The van der Waals surface area contributed by atoms with Crippen LogP contribution >= 0.6 is 0 Å². The van der Waals surface area contributed by atoms with Crippen molar-refractivity contribution >= 4 is 12.0 Å². The molecule has 2 aromatic rings. The maximum atomic E-state index is 15.5. The fourth-order valence-corrected chi connectivity index (χ4v) is 6.43. The average Bonchev–Trinajstić information content (AvgIpc) is 3.39. The Balaban J connectivity index is 1.69. The molecule has 1 aliphatic heterocycles. The Morgan fingerprint density at radius 1 is 1.21 bits per heavy atom. The van der Waals surface area contributed by atoms with Gasteiger partial charge in [0, 0.05) is 36.5 Å². The van der Waals surface area contributed by atoms with Gasteiger partial charge in [0.1, 0.15) is 11.6 Å². The van der Waals surface area contributed by atoms with Gasteiger partial charge >= 0.3 is 6.09 Å². The number of nitrogens with zero attached hydrogens (tertiary/aromatic N) is 1. The van der Waals surface area contributed by atoms with Crippen LogP contribution in [-0.2, 0) is 15.1 Å². The van der Waals surface area contributed by atoms with Crippen LogP contribution in [0.15, 0.2) is 36.4 Å². The summed E-state index contributed by atoms with van der Waals surface area (Å²) in [6.07, 6.45) is 3.39. The van der Waals surface area contributed by atoms with Gasteiger partial charge in [-0.2, -0.15) is 0 Å². The SMILES string of the molecule is CN[C@H]1CC[C@@H](C(=O)N2CCC[C@@H]([C@@](O)(CCCOC(N)=O)c3cccc(F)c3-c3cc(C)cc(F)c3)C2)C1. The number of primary amides is 1. The minimum absolute atomic E-state index is 0.00971. The van der Waals surface area contributed by atoms with Crippen molar-refractivity contribution in [1.82, 2.24) is 10.2 Å². The van der Waals surface area contributed by atoms with Gasteiger partial charge in [-0.15, -0.1) is 0 Å². The van der Waals surface area contributed by atoms with Crippen molar-refractivity contribution < 1.29 is 28.2 Å². The van der Waals surface area contributed by atoms with Crippen LogP contribution in [0.1, 0.15) is 56.1 Å². The number of aryl methyl sites for hydroxylation is 1. The number of rotatable bonds is 9. The number of likely N-dealkylation sites (tertiary alicyclic amines) is 1. The first-order valence-corrected chi connectivity index (χ1v) is 13.8. The normalized spacial score (nSPS) is 22.9. The molecule has 1 saturated carbocycles. The maximum Gasteiger partial charge on any atom is 0.404 e. The van der Waals surface area contributed by atoms with Crippen molar-refractivity contribution in [2.75, 3.05) is 26.7 Å². The Bertz CT molecular complexity index is 1170. The first-order chi connectivity index (χ1) is 18.6. The lowest BCUT2D eigenvalue weighted by molar-refractivity contribution is -0.141. The molecule has 0 radical (unpaired) electrons. The zero-order valence-corrected chi connectivity index (χ0v) is 22.7. The maximum absolute atomic E-state index is 15.5. The lowest BCUT2D eigenvalue weighted by atomic mass is 9.72. The molecule has 2 aliphatic rings. The Kier molecular flexibility index (Phi) is 9.23. The molecular weight excluding hydrogens is 504 g/mol. The summed E-state index contributed by atoms with van der Waals surface area (Å²) in [6, 6.07) is 9.15. The smallest absolute Gasteiger partial charge is 0.404 e. The third-order valence-electron chi connectivity index (χ3n) is 8.36. The number of aliphatic hydroxyl groups is 1. The highest BCUT2D eigenvalue weighted by Gasteiger charge is 2.44. The van der Waals surface area contributed by atoms with E-state index in [2.05, 4.69) is 5.32 Å². The van der Waals surface area contributed by atoms with Crippen LogP contribution in [0, 0.1) is 30.4 Å². The molecule has 2 amide bonds. The second kappa shape index (κ2) is 12.4. The van der Waals surface area contributed by atoms with Crippen LogP contribution in [0.5, 0.6) is 0 Å². The third-order valence-corrected chi connectivity index (χ3v) is 8.36. The summed E-state index contributed by atoms with van der Waals surface area (Å²) in [5.41, 5.74) is 4.98. The number of ether oxygens (including phenoxy) is 1. The predicted molar refractivity (Wildman–Crippen MR) is 145 cm³/mol. The van der Waals surface area contributed by atoms with E-state index in [0.29, 0.717) is 48.7 Å². The minimum Gasteiger partial charge on any atom is -0.450 e. The molecule has 4 atom stereocenters. The molecule has 1 aliphatic carbocycles. The van der Waals surface area contributed by atoms with Crippen molar-refractivity contribution in [1.29, 1.82) is 0 Å². The van der Waals surface area contributed by atoms with Crippen molar-refractivity contribution in [2.24, 2.45) is 17.6 Å². The number of benzene rings is 2. The predicted octanol–water partition coefficient (Wildman–Crippen LogP) is 4.63. The number of halogens is 2. The highest BCUT2D eigenvalue weighted by atomic mass is 19.1. The van der Waals surface area contributed by atoms with E-state index in [1.807, 2.05) is 11.9 Å². The van der Waals surface area contributed by atoms with Gasteiger partial charge < -0.3 is 25.8 Å². The van der Waals surface area contributed by atoms with E-state index in [1.165, 1.54) is 24.3 Å². The zero-order valence-electron chi connectivity index (χ0n) is 22.7. The summed E-state index contributed by atoms with van der Waals surface area (Å²) in [5.74, 6) is -1.43. The fraction of sp³-hybridized carbons (Fsp3) is 0.533. The van der Waals surface area contributed by atoms with E-state index in [0.717, 1.165) is 19.3 Å². The molecule has 2 aromatic carbocycles. The third kappa shape index (κ3) is 6.58. The molecule has 39 heavy (non-hydrogen) atoms. The minimum atomic E-state index is -1.57. The van der Waals surface area contributed by atoms with Crippen LogP contribution < -0.4 is 11.1 Å². The lowest BCUT2D eigenvalue weighted by Crippen LogP contribution is -2.49. The first kappa shape index (κ1) is 29.0. The van der Waals surface area contributed by atoms with Crippen molar-refractivity contribution in [3.63, 3.8) is 0 Å². The summed E-state index contributed by atoms with van der Waals surface area (Å²) in [4.78, 5) is 26.4. The molecule has 1 heterocycles. The number of piperidine rings is 1. The molecule has 0 unspecified atom stereocenters. The standard InChI is InChI=1S/C30H39F2N3O4/c1-19-14-21(16-23(31)15-19)27-25(7-3-8-26(27)32)30(38,11-5-13-39-29(33)37)22-6-4-12-35(18-22)28(36)20-9-10-24(17-20)34-2/h3,7-8,14-16,20,22,24,34,38H,4-6,9-13,17-18H2,1-2H3,(H2,33,37)/t20-,22-,24+,30+/m1/s1. The molecule has 7 nitrogen and oxygen atoms in total. The fourth-order valence-electron chi connectivity index (χ4n) is 6.43. The first-order valence-electron chi connectivity index (χ1n) is 13.8. The number of hydrogen-bond donors (Lipinski definition) is 3. The number of amides is 2. The zero-order chi connectivity index (χ0) is 28.2. The van der Waals surface area contributed by atoms with E-state index in [4.69, 9.17) is 10.5 Å². The van der Waals surface area contributed by atoms with Gasteiger partial charge in [0.05, 0.1) is 12.2 Å². The van der Waals surface area contributed by atoms with Gasteiger partial charge in [0.2, 0.25) is 5.91 Å². The van der Waals surface area contributed by atoms with Gasteiger partial charge in [0.15, 0.2) is 0 Å². The summed E-state index contributed by atoms with van der Waals surface area (Å²) in [5, 5.41) is 15.7. The summed E-state index contributed by atoms with van der Waals surface area (Å²) in [6.45, 7) is 2.65. The van der Waals surface area contributed by atoms with Crippen molar-refractivity contribution in [2.45, 2.75) is 63.5 Å². The van der Waals surface area contributed by atoms with E-state index in [9.17, 15) is 19.1 Å². The second-order valence-corrected chi connectivity index (χ2v) is 11.0. The van der Waals surface area contributed by atoms with Crippen LogP contribution in [-0.4, -0.2) is 54.8 Å². The summed E-state index contributed by atoms with van der Waals surface area (Å²) in [7, 11) is 1.91. The second-order valence-electron chi connectivity index (χ2n) is 11.0. The lowest BCUT2D eigenvalue weighted by Gasteiger charge is -2.44. The molecule has 0 aromatic heterocycles. The highest BCUT2D eigenvalue weighted by molar-refractivity contribution is 5.79. The Hall–Kier alpha value is -3.04. The van der Waals surface area contributed by atoms with Gasteiger partial charge in [-0.25, -0.2) is 13.6 Å². The van der Waals surface area contributed by atoms with Crippen LogP contribution in [0.2, 0.25) is 0 Å². The topological polar surface area (TPSA) is 105 Å². The monoisotopic (exact) mass is 543 g/mol. The number of hydrogen-bond acceptors (Lipinski definition) is 5. The number of nitrogens with one attached hydrogen (secondary N) is 1. The van der Waals surface area contributed by atoms with Crippen LogP contribution in [0.4, 0.5) is 13.6 Å². The van der Waals surface area contributed by atoms with E-state index in [-0.39, 0.29) is 36.8 Å². The van der Waals surface area contributed by atoms with Gasteiger partial charge in [0.25, 0.3) is 0 Å². The molecule has 4 rings (SSSR count). The van der Waals surface area contributed by atoms with Crippen molar-refractivity contribution in [3.8, 4) is 11.1 Å². The van der Waals surface area contributed by atoms with E-state index in [1.54, 1.807) is 19.1 Å². The molecule has 9 heteroatoms. The van der Waals surface area contributed by atoms with Crippen LogP contribution in [0.3, 0.4) is 0 Å². The number of carbonyl (C=O) groups excluding carboxylic acids is 2. The number of carbonyl (C=O) groups is 2. The van der Waals surface area contributed by atoms with Gasteiger partial charge in [-0.05, 0) is 93.8 Å². The summed E-state index contributed by atoms with van der Waals surface area (Å²) < 4.78 is 34.8. The van der Waals surface area contributed by atoms with Crippen LogP contribution in [0.25, 0.3) is 11.1 Å². The quantitative estimate of drug-likeness (QED) is 0.400. The van der Waals surface area contributed by atoms with E-state index >= 15 is 4.39 Å². The van der Waals surface area contributed by atoms with Crippen molar-refractivity contribution in [3.05, 3.63) is 59.2 Å². The molecule has 0 spiro atoms. The molecule has 4 N–H and O–H groups in total. The molecule has 1 saturated heterocycles. The van der Waals surface area contributed by atoms with E-state index < -0.39 is 29.2 Å². The van der Waals surface area contributed by atoms with Gasteiger partial charge in [-0.1, -0.05) is 18.2 Å².